The van der Waals surface area contributed by atoms with E-state index < -0.39 is 0 Å². The molecule has 0 atom stereocenters. The van der Waals surface area contributed by atoms with Gasteiger partial charge in [0.2, 0.25) is 11.8 Å². The van der Waals surface area contributed by atoms with Gasteiger partial charge in [0.05, 0.1) is 12.9 Å². The van der Waals surface area contributed by atoms with Crippen molar-refractivity contribution in [1.29, 1.82) is 0 Å². The molecule has 0 bridgehead atoms. The lowest BCUT2D eigenvalue weighted by molar-refractivity contribution is 0.281. The zero-order valence-electron chi connectivity index (χ0n) is 11.5. The third-order valence-corrected chi connectivity index (χ3v) is 3.13. The first-order valence-corrected chi connectivity index (χ1v) is 6.43. The number of nitrogen functional groups attached to an aromatic ring is 1. The van der Waals surface area contributed by atoms with Crippen LogP contribution in [0.3, 0.4) is 0 Å². The molecule has 21 heavy (non-hydrogen) atoms. The predicted octanol–water partition coefficient (Wildman–Crippen LogP) is 1.02. The van der Waals surface area contributed by atoms with E-state index in [1.54, 1.807) is 10.9 Å². The molecule has 0 aliphatic heterocycles. The highest BCUT2D eigenvalue weighted by Gasteiger charge is 2.12. The number of hydrogen-bond donors (Lipinski definition) is 2. The second-order valence-electron chi connectivity index (χ2n) is 4.68. The molecule has 3 N–H and O–H groups in total. The maximum atomic E-state index is 9.01. The average molecular weight is 284 g/mol. The first-order chi connectivity index (χ1) is 10.2. The fraction of sp³-hybridized carbons (Fsp3) is 0.214. The van der Waals surface area contributed by atoms with Gasteiger partial charge < -0.3 is 20.1 Å². The van der Waals surface area contributed by atoms with Gasteiger partial charge in [-0.05, 0) is 11.1 Å². The molecule has 3 rings (SSSR count). The number of hydrogen-bond acceptors (Lipinski definition) is 6. The molecule has 0 unspecified atom stereocenters. The van der Waals surface area contributed by atoms with Crippen molar-refractivity contribution in [3.05, 3.63) is 41.7 Å². The normalized spacial score (nSPS) is 11.0. The quantitative estimate of drug-likeness (QED) is 0.742. The molecular formula is C14H15N5O2. The van der Waals surface area contributed by atoms with E-state index in [1.165, 1.54) is 0 Å². The van der Waals surface area contributed by atoms with E-state index in [-0.39, 0.29) is 12.6 Å². The number of aromatic nitrogens is 4. The number of rotatable bonds is 4. The average Bonchev–Trinajstić information content (AvgIpc) is 2.87. The number of anilines is 1. The van der Waals surface area contributed by atoms with Crippen molar-refractivity contribution >= 4 is 17.1 Å². The molecule has 0 radical (unpaired) electrons. The third-order valence-electron chi connectivity index (χ3n) is 3.13. The van der Waals surface area contributed by atoms with Crippen molar-refractivity contribution in [2.75, 3.05) is 5.73 Å². The molecule has 7 heteroatoms. The molecule has 0 spiro atoms. The minimum atomic E-state index is 0.0259. The van der Waals surface area contributed by atoms with Crippen molar-refractivity contribution < 1.29 is 9.84 Å². The summed E-state index contributed by atoms with van der Waals surface area (Å²) < 4.78 is 7.46. The first kappa shape index (κ1) is 13.3. The molecule has 2 heterocycles. The predicted molar refractivity (Wildman–Crippen MR) is 77.4 cm³/mol. The largest absolute Gasteiger partial charge is 0.471 e. The molecule has 1 aromatic carbocycles. The summed E-state index contributed by atoms with van der Waals surface area (Å²) in [4.78, 5) is 12.4. The van der Waals surface area contributed by atoms with Crippen LogP contribution in [0.1, 0.15) is 11.1 Å². The van der Waals surface area contributed by atoms with Gasteiger partial charge in [0, 0.05) is 7.05 Å². The molecule has 0 aliphatic rings. The Morgan fingerprint density at radius 1 is 1.19 bits per heavy atom. The van der Waals surface area contributed by atoms with Gasteiger partial charge in [-0.3, -0.25) is 0 Å². The van der Waals surface area contributed by atoms with E-state index in [4.69, 9.17) is 15.6 Å². The van der Waals surface area contributed by atoms with Crippen molar-refractivity contribution in [3.63, 3.8) is 0 Å². The first-order valence-electron chi connectivity index (χ1n) is 6.43. The van der Waals surface area contributed by atoms with Crippen LogP contribution in [0.5, 0.6) is 5.88 Å². The number of aliphatic hydroxyl groups is 1. The smallest absolute Gasteiger partial charge is 0.247 e. The highest BCUT2D eigenvalue weighted by Crippen LogP contribution is 2.22. The summed E-state index contributed by atoms with van der Waals surface area (Å²) in [6, 6.07) is 7.49. The number of nitrogens with two attached hydrogens (primary N) is 1. The van der Waals surface area contributed by atoms with Crippen LogP contribution in [0.2, 0.25) is 0 Å². The minimum absolute atomic E-state index is 0.0259. The van der Waals surface area contributed by atoms with Crippen molar-refractivity contribution in [1.82, 2.24) is 19.5 Å². The minimum Gasteiger partial charge on any atom is -0.471 e. The molecule has 0 fully saturated rings. The lowest BCUT2D eigenvalue weighted by atomic mass is 10.1. The van der Waals surface area contributed by atoms with E-state index in [9.17, 15) is 0 Å². The van der Waals surface area contributed by atoms with Gasteiger partial charge in [0.1, 0.15) is 6.61 Å². The number of fused-ring (bicyclic) bond motifs is 1. The van der Waals surface area contributed by atoms with Crippen LogP contribution in [-0.2, 0) is 20.3 Å². The monoisotopic (exact) mass is 284 g/mol. The van der Waals surface area contributed by atoms with Gasteiger partial charge in [-0.25, -0.2) is 4.98 Å². The van der Waals surface area contributed by atoms with E-state index in [0.717, 1.165) is 11.1 Å². The Bertz CT molecular complexity index is 767. The highest BCUT2D eigenvalue weighted by atomic mass is 16.5. The second-order valence-corrected chi connectivity index (χ2v) is 4.68. The van der Waals surface area contributed by atoms with E-state index in [0.29, 0.717) is 23.7 Å². The molecule has 108 valence electrons. The SMILES string of the molecule is [11CH3]n1cnc2c(OCc3ccc(CO)cc3)nc(N)nc21. The Kier molecular flexibility index (Phi) is 3.41. The number of aliphatic hydroxyl groups excluding tert-OH is 1. The van der Waals surface area contributed by atoms with Gasteiger partial charge >= 0.3 is 0 Å². The van der Waals surface area contributed by atoms with Crippen molar-refractivity contribution in [3.8, 4) is 5.88 Å². The standard InChI is InChI=1S/C14H15N5O2/c1-19-8-16-11-12(19)17-14(15)18-13(11)21-7-10-4-2-9(6-20)3-5-10/h2-5,8,20H,6-7H2,1H3,(H2,15,17,18)/i1-1. The lowest BCUT2D eigenvalue weighted by Crippen LogP contribution is -2.03. The van der Waals surface area contributed by atoms with Crippen LogP contribution in [0.4, 0.5) is 5.95 Å². The Labute approximate surface area is 121 Å². The zero-order chi connectivity index (χ0) is 14.8. The van der Waals surface area contributed by atoms with Gasteiger partial charge in [0.15, 0.2) is 11.2 Å². The number of aryl methyl sites for hydroxylation is 1. The van der Waals surface area contributed by atoms with E-state index in [2.05, 4.69) is 15.0 Å². The van der Waals surface area contributed by atoms with Gasteiger partial charge in [-0.1, -0.05) is 24.3 Å². The summed E-state index contributed by atoms with van der Waals surface area (Å²) in [7, 11) is 1.83. The zero-order valence-corrected chi connectivity index (χ0v) is 11.5. The molecule has 0 aliphatic carbocycles. The van der Waals surface area contributed by atoms with Crippen molar-refractivity contribution in [2.24, 2.45) is 7.05 Å². The van der Waals surface area contributed by atoms with Gasteiger partial charge in [0.25, 0.3) is 0 Å². The summed E-state index contributed by atoms with van der Waals surface area (Å²) in [5.74, 6) is 0.515. The van der Waals surface area contributed by atoms with Crippen LogP contribution in [0.15, 0.2) is 30.6 Å². The van der Waals surface area contributed by atoms with Crippen LogP contribution in [0, 0.1) is 0 Å². The van der Waals surface area contributed by atoms with E-state index in [1.807, 2.05) is 31.3 Å². The fourth-order valence-electron chi connectivity index (χ4n) is 1.99. The summed E-state index contributed by atoms with van der Waals surface area (Å²) in [6.45, 7) is 0.367. The molecular weight excluding hydrogens is 269 g/mol. The number of benzene rings is 1. The van der Waals surface area contributed by atoms with Crippen LogP contribution in [0.25, 0.3) is 11.2 Å². The molecule has 0 saturated heterocycles. The maximum Gasteiger partial charge on any atom is 0.247 e. The Hall–Kier alpha value is -2.67. The van der Waals surface area contributed by atoms with Gasteiger partial charge in [-0.2, -0.15) is 9.97 Å². The second kappa shape index (κ2) is 5.37. The lowest BCUT2D eigenvalue weighted by Gasteiger charge is -2.07. The number of imidazole rings is 1. The molecule has 3 aromatic rings. The topological polar surface area (TPSA) is 99.1 Å². The summed E-state index contributed by atoms with van der Waals surface area (Å²) in [5.41, 5.74) is 8.73. The maximum absolute atomic E-state index is 9.01. The number of ether oxygens (including phenoxy) is 1. The van der Waals surface area contributed by atoms with Crippen LogP contribution >= 0.6 is 0 Å². The Morgan fingerprint density at radius 2 is 1.90 bits per heavy atom. The summed E-state index contributed by atoms with van der Waals surface area (Å²) >= 11 is 0. The Balaban J connectivity index is 1.84. The van der Waals surface area contributed by atoms with Gasteiger partial charge in [-0.15, -0.1) is 0 Å². The molecule has 0 amide bonds. The molecule has 2 aromatic heterocycles. The molecule has 7 nitrogen and oxygen atoms in total. The Morgan fingerprint density at radius 3 is 2.62 bits per heavy atom. The van der Waals surface area contributed by atoms with Crippen LogP contribution < -0.4 is 10.5 Å². The van der Waals surface area contributed by atoms with Crippen molar-refractivity contribution in [2.45, 2.75) is 13.2 Å². The molecule has 0 saturated carbocycles. The summed E-state index contributed by atoms with van der Waals surface area (Å²) in [6.07, 6.45) is 1.64. The van der Waals surface area contributed by atoms with Crippen LogP contribution in [-0.4, -0.2) is 24.6 Å². The number of nitrogens with zero attached hydrogens (tertiary/aromatic N) is 4. The summed E-state index contributed by atoms with van der Waals surface area (Å²) in [5, 5.41) is 9.01. The third kappa shape index (κ3) is 2.63. The fourth-order valence-corrected chi connectivity index (χ4v) is 1.99. The highest BCUT2D eigenvalue weighted by molar-refractivity contribution is 5.77. The van der Waals surface area contributed by atoms with E-state index >= 15 is 0 Å².